The molecule has 0 atom stereocenters. The molecule has 0 saturated heterocycles. The average Bonchev–Trinajstić information content (AvgIpc) is 2.21. The van der Waals surface area contributed by atoms with Crippen LogP contribution in [-0.4, -0.2) is 23.2 Å². The molecule has 1 aromatic rings. The van der Waals surface area contributed by atoms with Crippen LogP contribution in [0.1, 0.15) is 10.4 Å². The SMILES string of the molecule is O=C(O)c1cc(I)c(Cl)cc1NC(=O)C(F)(F)F. The Balaban J connectivity index is 3.20. The van der Waals surface area contributed by atoms with Crippen LogP contribution >= 0.6 is 34.2 Å². The number of amides is 1. The van der Waals surface area contributed by atoms with Gasteiger partial charge in [-0.3, -0.25) is 4.79 Å². The second-order valence-corrected chi connectivity index (χ2v) is 4.64. The first-order chi connectivity index (χ1) is 8.12. The van der Waals surface area contributed by atoms with E-state index in [9.17, 15) is 22.8 Å². The molecule has 0 aromatic heterocycles. The summed E-state index contributed by atoms with van der Waals surface area (Å²) < 4.78 is 36.5. The number of alkyl halides is 3. The fraction of sp³-hybridized carbons (Fsp3) is 0.111. The van der Waals surface area contributed by atoms with Gasteiger partial charge in [0.15, 0.2) is 0 Å². The van der Waals surface area contributed by atoms with Crippen LogP contribution in [0.25, 0.3) is 0 Å². The lowest BCUT2D eigenvalue weighted by Gasteiger charge is -2.11. The standard InChI is InChI=1S/C9H4ClF3INO3/c10-4-2-6(15-8(18)9(11,12)13)3(7(16)17)1-5(4)14/h1-2H,(H,15,18)(H,16,17). The number of hydrogen-bond acceptors (Lipinski definition) is 2. The Morgan fingerprint density at radius 2 is 1.89 bits per heavy atom. The number of carboxylic acid groups (broad SMARTS) is 1. The van der Waals surface area contributed by atoms with E-state index in [1.54, 1.807) is 22.6 Å². The molecule has 0 unspecified atom stereocenters. The van der Waals surface area contributed by atoms with Crippen LogP contribution in [-0.2, 0) is 4.79 Å². The van der Waals surface area contributed by atoms with Crippen molar-refractivity contribution in [2.75, 3.05) is 5.32 Å². The first-order valence-corrected chi connectivity index (χ1v) is 5.69. The summed E-state index contributed by atoms with van der Waals surface area (Å²) >= 11 is 7.37. The van der Waals surface area contributed by atoms with Crippen molar-refractivity contribution >= 4 is 51.8 Å². The van der Waals surface area contributed by atoms with E-state index >= 15 is 0 Å². The summed E-state index contributed by atoms with van der Waals surface area (Å²) in [5, 5.41) is 10.3. The number of anilines is 1. The van der Waals surface area contributed by atoms with Crippen molar-refractivity contribution in [3.05, 3.63) is 26.3 Å². The van der Waals surface area contributed by atoms with E-state index in [2.05, 4.69) is 0 Å². The Kier molecular flexibility index (Phi) is 4.43. The third-order valence-corrected chi connectivity index (χ3v) is 3.32. The van der Waals surface area contributed by atoms with Crippen molar-refractivity contribution in [2.24, 2.45) is 0 Å². The summed E-state index contributed by atoms with van der Waals surface area (Å²) in [6.45, 7) is 0. The molecule has 1 aromatic carbocycles. The molecular formula is C9H4ClF3INO3. The van der Waals surface area contributed by atoms with Gasteiger partial charge in [0.05, 0.1) is 16.3 Å². The molecule has 0 radical (unpaired) electrons. The van der Waals surface area contributed by atoms with Crippen molar-refractivity contribution in [3.63, 3.8) is 0 Å². The fourth-order valence-electron chi connectivity index (χ4n) is 1.02. The highest BCUT2D eigenvalue weighted by atomic mass is 127. The molecule has 0 aliphatic rings. The van der Waals surface area contributed by atoms with Gasteiger partial charge in [-0.15, -0.1) is 0 Å². The smallest absolute Gasteiger partial charge is 0.471 e. The molecule has 4 nitrogen and oxygen atoms in total. The number of carboxylic acids is 1. The molecule has 0 saturated carbocycles. The summed E-state index contributed by atoms with van der Waals surface area (Å²) in [5.41, 5.74) is -0.975. The number of carbonyl (C=O) groups excluding carboxylic acids is 1. The lowest BCUT2D eigenvalue weighted by Crippen LogP contribution is -2.30. The van der Waals surface area contributed by atoms with Gasteiger partial charge >= 0.3 is 18.1 Å². The van der Waals surface area contributed by atoms with E-state index in [1.807, 2.05) is 0 Å². The molecule has 0 bridgehead atoms. The first kappa shape index (κ1) is 15.0. The highest BCUT2D eigenvalue weighted by Crippen LogP contribution is 2.28. The average molecular weight is 393 g/mol. The first-order valence-electron chi connectivity index (χ1n) is 4.23. The van der Waals surface area contributed by atoms with E-state index in [0.717, 1.165) is 12.1 Å². The van der Waals surface area contributed by atoms with Crippen LogP contribution < -0.4 is 5.32 Å². The predicted octanol–water partition coefficient (Wildman–Crippen LogP) is 3.14. The Hall–Kier alpha value is -1.03. The van der Waals surface area contributed by atoms with Gasteiger partial charge in [0.1, 0.15) is 0 Å². The van der Waals surface area contributed by atoms with E-state index in [-0.39, 0.29) is 5.02 Å². The van der Waals surface area contributed by atoms with Crippen molar-refractivity contribution in [1.82, 2.24) is 0 Å². The van der Waals surface area contributed by atoms with Crippen molar-refractivity contribution in [3.8, 4) is 0 Å². The lowest BCUT2D eigenvalue weighted by molar-refractivity contribution is -0.167. The summed E-state index contributed by atoms with van der Waals surface area (Å²) in [6.07, 6.45) is -5.11. The van der Waals surface area contributed by atoms with E-state index in [0.29, 0.717) is 3.57 Å². The number of rotatable bonds is 2. The minimum Gasteiger partial charge on any atom is -0.478 e. The van der Waals surface area contributed by atoms with Crippen LogP contribution in [0.4, 0.5) is 18.9 Å². The minimum absolute atomic E-state index is 0.0399. The summed E-state index contributed by atoms with van der Waals surface area (Å²) in [6, 6.07) is 2.02. The third kappa shape index (κ3) is 3.48. The zero-order valence-electron chi connectivity index (χ0n) is 8.31. The number of benzene rings is 1. The van der Waals surface area contributed by atoms with Crippen molar-refractivity contribution in [2.45, 2.75) is 6.18 Å². The van der Waals surface area contributed by atoms with Gasteiger partial charge in [-0.25, -0.2) is 4.79 Å². The molecule has 98 valence electrons. The monoisotopic (exact) mass is 393 g/mol. The van der Waals surface area contributed by atoms with Gasteiger partial charge in [0.2, 0.25) is 0 Å². The van der Waals surface area contributed by atoms with Crippen LogP contribution in [0, 0.1) is 3.57 Å². The molecule has 0 spiro atoms. The maximum Gasteiger partial charge on any atom is 0.471 e. The number of aromatic carboxylic acids is 1. The molecule has 0 aliphatic heterocycles. The second kappa shape index (κ2) is 5.31. The van der Waals surface area contributed by atoms with Gasteiger partial charge in [-0.2, -0.15) is 13.2 Å². The van der Waals surface area contributed by atoms with Gasteiger partial charge in [0, 0.05) is 3.57 Å². The topological polar surface area (TPSA) is 66.4 Å². The quantitative estimate of drug-likeness (QED) is 0.759. The Labute approximate surface area is 117 Å². The summed E-state index contributed by atoms with van der Waals surface area (Å²) in [5.74, 6) is -3.73. The Bertz CT molecular complexity index is 519. The van der Waals surface area contributed by atoms with Crippen LogP contribution in [0.5, 0.6) is 0 Å². The predicted molar refractivity (Wildman–Crippen MR) is 65.8 cm³/mol. The number of hydrogen-bond donors (Lipinski definition) is 2. The molecule has 1 rings (SSSR count). The zero-order chi connectivity index (χ0) is 14.1. The van der Waals surface area contributed by atoms with Crippen LogP contribution in [0.2, 0.25) is 5.02 Å². The molecule has 1 amide bonds. The molecule has 2 N–H and O–H groups in total. The second-order valence-electron chi connectivity index (χ2n) is 3.07. The minimum atomic E-state index is -5.11. The van der Waals surface area contributed by atoms with Gasteiger partial charge in [0.25, 0.3) is 0 Å². The maximum absolute atomic E-state index is 12.1. The van der Waals surface area contributed by atoms with Gasteiger partial charge in [-0.1, -0.05) is 11.6 Å². The molecule has 0 aliphatic carbocycles. The summed E-state index contributed by atoms with van der Waals surface area (Å²) in [7, 11) is 0. The van der Waals surface area contributed by atoms with E-state index < -0.39 is 29.3 Å². The number of carbonyl (C=O) groups is 2. The van der Waals surface area contributed by atoms with Crippen molar-refractivity contribution < 1.29 is 27.9 Å². The molecule has 18 heavy (non-hydrogen) atoms. The molecule has 0 fully saturated rings. The van der Waals surface area contributed by atoms with Gasteiger partial charge < -0.3 is 10.4 Å². The molecular weight excluding hydrogens is 389 g/mol. The van der Waals surface area contributed by atoms with Crippen LogP contribution in [0.3, 0.4) is 0 Å². The lowest BCUT2D eigenvalue weighted by atomic mass is 10.2. The summed E-state index contributed by atoms with van der Waals surface area (Å²) in [4.78, 5) is 21.6. The van der Waals surface area contributed by atoms with E-state index in [1.165, 1.54) is 5.32 Å². The van der Waals surface area contributed by atoms with E-state index in [4.69, 9.17) is 16.7 Å². The Morgan fingerprint density at radius 3 is 2.33 bits per heavy atom. The fourth-order valence-corrected chi connectivity index (χ4v) is 1.65. The molecule has 9 heteroatoms. The highest BCUT2D eigenvalue weighted by molar-refractivity contribution is 14.1. The molecule has 0 heterocycles. The zero-order valence-corrected chi connectivity index (χ0v) is 11.2. The van der Waals surface area contributed by atoms with Crippen LogP contribution in [0.15, 0.2) is 12.1 Å². The maximum atomic E-state index is 12.1. The number of halogens is 5. The van der Waals surface area contributed by atoms with Gasteiger partial charge in [-0.05, 0) is 34.7 Å². The highest BCUT2D eigenvalue weighted by Gasteiger charge is 2.39. The number of nitrogens with one attached hydrogen (secondary N) is 1. The third-order valence-electron chi connectivity index (χ3n) is 1.80. The normalized spacial score (nSPS) is 11.2. The van der Waals surface area contributed by atoms with Crippen molar-refractivity contribution in [1.29, 1.82) is 0 Å². The Morgan fingerprint density at radius 1 is 1.33 bits per heavy atom. The largest absolute Gasteiger partial charge is 0.478 e.